The molecule has 0 saturated carbocycles. The van der Waals surface area contributed by atoms with Crippen LogP contribution in [0, 0.1) is 0 Å². The molecule has 3 nitrogen and oxygen atoms in total. The molecule has 0 spiro atoms. The fraction of sp³-hybridized carbons (Fsp3) is 0.389. The first-order chi connectivity index (χ1) is 10.3. The summed E-state index contributed by atoms with van der Waals surface area (Å²) in [7, 11) is 0. The third-order valence-electron chi connectivity index (χ3n) is 4.02. The summed E-state index contributed by atoms with van der Waals surface area (Å²) in [4.78, 5) is 14.9. The van der Waals surface area contributed by atoms with E-state index in [2.05, 4.69) is 23.2 Å². The highest BCUT2D eigenvalue weighted by Gasteiger charge is 2.14. The summed E-state index contributed by atoms with van der Waals surface area (Å²) >= 11 is 0. The molecule has 0 saturated heterocycles. The minimum absolute atomic E-state index is 0.172. The van der Waals surface area contributed by atoms with E-state index in [4.69, 9.17) is 4.74 Å². The van der Waals surface area contributed by atoms with Gasteiger partial charge in [-0.25, -0.2) is 0 Å². The Kier molecular flexibility index (Phi) is 4.09. The smallest absolute Gasteiger partial charge is 0.309 e. The molecule has 2 aromatic rings. The Labute approximate surface area is 125 Å². The lowest BCUT2D eigenvalue weighted by Crippen LogP contribution is -2.01. The number of ether oxygens (including phenoxy) is 1. The van der Waals surface area contributed by atoms with Crippen LogP contribution in [0.1, 0.15) is 43.0 Å². The van der Waals surface area contributed by atoms with Crippen molar-refractivity contribution in [3.8, 4) is 0 Å². The summed E-state index contributed by atoms with van der Waals surface area (Å²) < 4.78 is 4.92. The standard InChI is InChI=1S/C18H21NO2/c1-2-21-18(20)9-5-6-13-10-11-17-15(12-13)14-7-3-4-8-16(14)19-17/h5-6,10-12,19H,2-4,7-9H2,1H3. The Morgan fingerprint density at radius 2 is 2.19 bits per heavy atom. The second-order valence-corrected chi connectivity index (χ2v) is 5.51. The van der Waals surface area contributed by atoms with E-state index in [1.807, 2.05) is 19.1 Å². The van der Waals surface area contributed by atoms with Crippen molar-refractivity contribution in [3.05, 3.63) is 41.1 Å². The van der Waals surface area contributed by atoms with Gasteiger partial charge in [0.2, 0.25) is 0 Å². The second-order valence-electron chi connectivity index (χ2n) is 5.51. The van der Waals surface area contributed by atoms with E-state index in [1.54, 1.807) is 0 Å². The lowest BCUT2D eigenvalue weighted by Gasteiger charge is -2.10. The van der Waals surface area contributed by atoms with Gasteiger partial charge in [0, 0.05) is 16.6 Å². The SMILES string of the molecule is CCOC(=O)CC=Cc1ccc2[nH]c3c(c2c1)CCCC3. The van der Waals surface area contributed by atoms with E-state index in [1.165, 1.54) is 41.4 Å². The van der Waals surface area contributed by atoms with E-state index >= 15 is 0 Å². The number of H-pyrrole nitrogens is 1. The molecule has 1 aromatic heterocycles. The van der Waals surface area contributed by atoms with E-state index < -0.39 is 0 Å². The average Bonchev–Trinajstić information content (AvgIpc) is 2.86. The van der Waals surface area contributed by atoms with Crippen molar-refractivity contribution in [2.45, 2.75) is 39.0 Å². The molecule has 3 rings (SSSR count). The van der Waals surface area contributed by atoms with Crippen LogP contribution in [0.3, 0.4) is 0 Å². The second kappa shape index (κ2) is 6.17. The maximum absolute atomic E-state index is 11.3. The van der Waals surface area contributed by atoms with E-state index in [-0.39, 0.29) is 5.97 Å². The van der Waals surface area contributed by atoms with Crippen LogP contribution in [0.5, 0.6) is 0 Å². The maximum Gasteiger partial charge on any atom is 0.309 e. The van der Waals surface area contributed by atoms with Crippen LogP contribution < -0.4 is 0 Å². The normalized spacial score (nSPS) is 14.5. The summed E-state index contributed by atoms with van der Waals surface area (Å²) in [5.74, 6) is -0.172. The lowest BCUT2D eigenvalue weighted by atomic mass is 9.95. The van der Waals surface area contributed by atoms with Crippen molar-refractivity contribution in [3.63, 3.8) is 0 Å². The number of hydrogen-bond acceptors (Lipinski definition) is 2. The van der Waals surface area contributed by atoms with Crippen molar-refractivity contribution < 1.29 is 9.53 Å². The van der Waals surface area contributed by atoms with Crippen molar-refractivity contribution >= 4 is 22.9 Å². The molecular formula is C18H21NO2. The maximum atomic E-state index is 11.3. The van der Waals surface area contributed by atoms with Gasteiger partial charge in [-0.15, -0.1) is 0 Å². The van der Waals surface area contributed by atoms with Gasteiger partial charge in [0.1, 0.15) is 0 Å². The molecule has 1 aliphatic rings. The zero-order chi connectivity index (χ0) is 14.7. The number of carbonyl (C=O) groups excluding carboxylic acids is 1. The third-order valence-corrected chi connectivity index (χ3v) is 4.02. The number of aromatic nitrogens is 1. The van der Waals surface area contributed by atoms with E-state index in [0.717, 1.165) is 12.0 Å². The average molecular weight is 283 g/mol. The van der Waals surface area contributed by atoms with Gasteiger partial charge in [0.15, 0.2) is 0 Å². The summed E-state index contributed by atoms with van der Waals surface area (Å²) in [6, 6.07) is 6.45. The topological polar surface area (TPSA) is 42.1 Å². The molecule has 1 N–H and O–H groups in total. The van der Waals surface area contributed by atoms with Crippen LogP contribution in [-0.4, -0.2) is 17.6 Å². The molecule has 3 heteroatoms. The number of esters is 1. The molecule has 0 radical (unpaired) electrons. The van der Waals surface area contributed by atoms with Crippen LogP contribution in [0.25, 0.3) is 17.0 Å². The number of aryl methyl sites for hydroxylation is 2. The largest absolute Gasteiger partial charge is 0.466 e. The Morgan fingerprint density at radius 3 is 3.05 bits per heavy atom. The van der Waals surface area contributed by atoms with Gasteiger partial charge in [-0.2, -0.15) is 0 Å². The van der Waals surface area contributed by atoms with Crippen LogP contribution in [0.4, 0.5) is 0 Å². The van der Waals surface area contributed by atoms with Gasteiger partial charge in [-0.05, 0) is 55.9 Å². The molecule has 0 atom stereocenters. The summed E-state index contributed by atoms with van der Waals surface area (Å²) in [6.45, 7) is 2.26. The number of carbonyl (C=O) groups is 1. The van der Waals surface area contributed by atoms with Crippen molar-refractivity contribution in [2.24, 2.45) is 0 Å². The van der Waals surface area contributed by atoms with E-state index in [0.29, 0.717) is 13.0 Å². The monoisotopic (exact) mass is 283 g/mol. The number of nitrogens with one attached hydrogen (secondary N) is 1. The molecule has 0 unspecified atom stereocenters. The Hall–Kier alpha value is -2.03. The molecule has 0 amide bonds. The first kappa shape index (κ1) is 13.9. The zero-order valence-corrected chi connectivity index (χ0v) is 12.4. The Balaban J connectivity index is 1.80. The molecule has 0 aliphatic heterocycles. The number of fused-ring (bicyclic) bond motifs is 3. The van der Waals surface area contributed by atoms with Crippen LogP contribution in [-0.2, 0) is 22.4 Å². The number of aromatic amines is 1. The quantitative estimate of drug-likeness (QED) is 0.861. The van der Waals surface area contributed by atoms with Gasteiger partial charge in [-0.3, -0.25) is 4.79 Å². The van der Waals surface area contributed by atoms with Gasteiger partial charge >= 0.3 is 5.97 Å². The van der Waals surface area contributed by atoms with Gasteiger partial charge < -0.3 is 9.72 Å². The van der Waals surface area contributed by atoms with Crippen molar-refractivity contribution in [1.82, 2.24) is 4.98 Å². The third kappa shape index (κ3) is 3.02. The molecule has 0 fully saturated rings. The predicted molar refractivity (Wildman–Crippen MR) is 85.2 cm³/mol. The predicted octanol–water partition coefficient (Wildman–Crippen LogP) is 4.01. The first-order valence-corrected chi connectivity index (χ1v) is 7.73. The Bertz CT molecular complexity index is 682. The highest BCUT2D eigenvalue weighted by atomic mass is 16.5. The Morgan fingerprint density at radius 1 is 1.33 bits per heavy atom. The summed E-state index contributed by atoms with van der Waals surface area (Å²) in [5, 5.41) is 1.34. The number of benzene rings is 1. The van der Waals surface area contributed by atoms with Gasteiger partial charge in [0.25, 0.3) is 0 Å². The number of hydrogen-bond donors (Lipinski definition) is 1. The van der Waals surface area contributed by atoms with Crippen LogP contribution >= 0.6 is 0 Å². The number of rotatable bonds is 4. The minimum atomic E-state index is -0.172. The van der Waals surface area contributed by atoms with Crippen LogP contribution in [0.2, 0.25) is 0 Å². The fourth-order valence-corrected chi connectivity index (χ4v) is 3.04. The minimum Gasteiger partial charge on any atom is -0.466 e. The fourth-order valence-electron chi connectivity index (χ4n) is 3.04. The summed E-state index contributed by atoms with van der Waals surface area (Å²) in [5.41, 5.74) is 5.25. The molecule has 1 aromatic carbocycles. The van der Waals surface area contributed by atoms with Crippen molar-refractivity contribution in [1.29, 1.82) is 0 Å². The van der Waals surface area contributed by atoms with Crippen molar-refractivity contribution in [2.75, 3.05) is 6.61 Å². The van der Waals surface area contributed by atoms with Gasteiger partial charge in [0.05, 0.1) is 13.0 Å². The molecular weight excluding hydrogens is 262 g/mol. The summed E-state index contributed by atoms with van der Waals surface area (Å²) in [6.07, 6.45) is 9.10. The molecule has 1 aliphatic carbocycles. The molecule has 110 valence electrons. The van der Waals surface area contributed by atoms with Gasteiger partial charge in [-0.1, -0.05) is 18.2 Å². The van der Waals surface area contributed by atoms with Crippen LogP contribution in [0.15, 0.2) is 24.3 Å². The first-order valence-electron chi connectivity index (χ1n) is 7.73. The molecule has 0 bridgehead atoms. The zero-order valence-electron chi connectivity index (χ0n) is 12.4. The highest BCUT2D eigenvalue weighted by molar-refractivity contribution is 5.87. The highest BCUT2D eigenvalue weighted by Crippen LogP contribution is 2.29. The molecule has 21 heavy (non-hydrogen) atoms. The molecule has 1 heterocycles. The van der Waals surface area contributed by atoms with E-state index in [9.17, 15) is 4.79 Å². The lowest BCUT2D eigenvalue weighted by molar-refractivity contribution is -0.142.